The molecule has 0 atom stereocenters. The number of anilines is 1. The van der Waals surface area contributed by atoms with Crippen LogP contribution in [0, 0.1) is 0 Å². The highest BCUT2D eigenvalue weighted by Crippen LogP contribution is 2.12. The smallest absolute Gasteiger partial charge is 0.272 e. The van der Waals surface area contributed by atoms with Crippen molar-refractivity contribution in [3.05, 3.63) is 53.9 Å². The Balaban J connectivity index is 2.06. The number of rotatable bonds is 5. The van der Waals surface area contributed by atoms with Crippen LogP contribution in [0.4, 0.5) is 5.69 Å². The highest BCUT2D eigenvalue weighted by Gasteiger charge is 2.09. The van der Waals surface area contributed by atoms with Crippen LogP contribution in [-0.4, -0.2) is 22.2 Å². The van der Waals surface area contributed by atoms with Crippen LogP contribution in [0.25, 0.3) is 0 Å². The number of hydrogen-bond donors (Lipinski definition) is 2. The Morgan fingerprint density at radius 1 is 1.26 bits per heavy atom. The first kappa shape index (κ1) is 13.4. The molecular weight excluding hydrogens is 240 g/mol. The molecule has 2 aromatic rings. The molecule has 0 radical (unpaired) electrons. The molecule has 100 valence electrons. The molecule has 1 aromatic carbocycles. The number of carbonyl (C=O) groups is 1. The Kier molecular flexibility index (Phi) is 4.36. The second-order valence-electron chi connectivity index (χ2n) is 4.30. The molecule has 0 unspecified atom stereocenters. The third kappa shape index (κ3) is 3.23. The van der Waals surface area contributed by atoms with Crippen LogP contribution >= 0.6 is 0 Å². The first-order valence-electron chi connectivity index (χ1n) is 6.41. The van der Waals surface area contributed by atoms with Gasteiger partial charge < -0.3 is 15.0 Å². The minimum absolute atomic E-state index is 0.109. The van der Waals surface area contributed by atoms with Crippen LogP contribution in [0.1, 0.15) is 23.0 Å². The van der Waals surface area contributed by atoms with Crippen LogP contribution in [-0.2, 0) is 13.0 Å². The standard InChI is InChI=1S/C15H18N2O2/c1-2-17-10-3-4-14(17)15(19)16-13-7-5-12(6-8-13)9-11-18/h3-8,10,18H,2,9,11H2,1H3,(H,16,19). The van der Waals surface area contributed by atoms with Gasteiger partial charge in [-0.2, -0.15) is 0 Å². The van der Waals surface area contributed by atoms with E-state index in [-0.39, 0.29) is 12.5 Å². The number of benzene rings is 1. The van der Waals surface area contributed by atoms with E-state index in [4.69, 9.17) is 5.11 Å². The number of hydrogen-bond acceptors (Lipinski definition) is 2. The molecule has 0 saturated heterocycles. The molecule has 2 rings (SSSR count). The summed E-state index contributed by atoms with van der Waals surface area (Å²) in [4.78, 5) is 12.1. The molecule has 1 heterocycles. The molecule has 19 heavy (non-hydrogen) atoms. The van der Waals surface area contributed by atoms with E-state index in [0.717, 1.165) is 17.8 Å². The number of nitrogens with zero attached hydrogens (tertiary/aromatic N) is 1. The maximum absolute atomic E-state index is 12.1. The summed E-state index contributed by atoms with van der Waals surface area (Å²) in [6, 6.07) is 11.2. The average Bonchev–Trinajstić information content (AvgIpc) is 2.90. The van der Waals surface area contributed by atoms with Gasteiger partial charge in [-0.05, 0) is 43.2 Å². The number of nitrogens with one attached hydrogen (secondary N) is 1. The number of aliphatic hydroxyl groups is 1. The zero-order chi connectivity index (χ0) is 13.7. The van der Waals surface area contributed by atoms with Gasteiger partial charge in [-0.25, -0.2) is 0 Å². The maximum atomic E-state index is 12.1. The van der Waals surface area contributed by atoms with Gasteiger partial charge >= 0.3 is 0 Å². The Hall–Kier alpha value is -2.07. The number of aryl methyl sites for hydroxylation is 1. The molecule has 4 heteroatoms. The number of aliphatic hydroxyl groups excluding tert-OH is 1. The largest absolute Gasteiger partial charge is 0.396 e. The topological polar surface area (TPSA) is 54.3 Å². The minimum atomic E-state index is -0.109. The average molecular weight is 258 g/mol. The monoisotopic (exact) mass is 258 g/mol. The highest BCUT2D eigenvalue weighted by atomic mass is 16.2. The Bertz CT molecular complexity index is 544. The van der Waals surface area contributed by atoms with Crippen molar-refractivity contribution < 1.29 is 9.90 Å². The number of amides is 1. The Morgan fingerprint density at radius 2 is 2.00 bits per heavy atom. The summed E-state index contributed by atoms with van der Waals surface area (Å²) < 4.78 is 1.90. The predicted octanol–water partition coefficient (Wildman–Crippen LogP) is 2.30. The second-order valence-corrected chi connectivity index (χ2v) is 4.30. The molecule has 0 fully saturated rings. The summed E-state index contributed by atoms with van der Waals surface area (Å²) in [6.07, 6.45) is 2.52. The van der Waals surface area contributed by atoms with Crippen molar-refractivity contribution in [2.45, 2.75) is 19.9 Å². The predicted molar refractivity (Wildman–Crippen MR) is 75.3 cm³/mol. The molecule has 0 saturated carbocycles. The second kappa shape index (κ2) is 6.20. The van der Waals surface area contributed by atoms with E-state index in [9.17, 15) is 4.79 Å². The summed E-state index contributed by atoms with van der Waals surface area (Å²) in [7, 11) is 0. The number of aromatic nitrogens is 1. The van der Waals surface area contributed by atoms with Crippen LogP contribution in [0.2, 0.25) is 0 Å². The molecule has 0 aliphatic rings. The van der Waals surface area contributed by atoms with Gasteiger partial charge in [-0.3, -0.25) is 4.79 Å². The molecule has 0 spiro atoms. The summed E-state index contributed by atoms with van der Waals surface area (Å²) in [5.74, 6) is -0.109. The lowest BCUT2D eigenvalue weighted by Crippen LogP contribution is -2.16. The van der Waals surface area contributed by atoms with E-state index in [0.29, 0.717) is 12.1 Å². The minimum Gasteiger partial charge on any atom is -0.396 e. The van der Waals surface area contributed by atoms with Crippen molar-refractivity contribution in [3.63, 3.8) is 0 Å². The van der Waals surface area contributed by atoms with E-state index >= 15 is 0 Å². The van der Waals surface area contributed by atoms with Gasteiger partial charge in [-0.15, -0.1) is 0 Å². The SMILES string of the molecule is CCn1cccc1C(=O)Nc1ccc(CCO)cc1. The zero-order valence-corrected chi connectivity index (χ0v) is 11.0. The molecule has 1 aromatic heterocycles. The highest BCUT2D eigenvalue weighted by molar-refractivity contribution is 6.03. The van der Waals surface area contributed by atoms with Crippen LogP contribution in [0.5, 0.6) is 0 Å². The van der Waals surface area contributed by atoms with Crippen LogP contribution < -0.4 is 5.32 Å². The van der Waals surface area contributed by atoms with Gasteiger partial charge in [0.2, 0.25) is 0 Å². The Morgan fingerprint density at radius 3 is 2.63 bits per heavy atom. The molecule has 0 aliphatic heterocycles. The van der Waals surface area contributed by atoms with Gasteiger partial charge in [0, 0.05) is 25.0 Å². The third-order valence-electron chi connectivity index (χ3n) is 3.02. The quantitative estimate of drug-likeness (QED) is 0.864. The first-order chi connectivity index (χ1) is 9.24. The van der Waals surface area contributed by atoms with Crippen LogP contribution in [0.15, 0.2) is 42.6 Å². The van der Waals surface area contributed by atoms with Crippen LogP contribution in [0.3, 0.4) is 0 Å². The molecular formula is C15H18N2O2. The zero-order valence-electron chi connectivity index (χ0n) is 11.0. The lowest BCUT2D eigenvalue weighted by Gasteiger charge is -2.08. The summed E-state index contributed by atoms with van der Waals surface area (Å²) in [5.41, 5.74) is 2.47. The van der Waals surface area contributed by atoms with Gasteiger partial charge in [0.05, 0.1) is 0 Å². The van der Waals surface area contributed by atoms with E-state index in [1.807, 2.05) is 48.0 Å². The van der Waals surface area contributed by atoms with Gasteiger partial charge in [0.25, 0.3) is 5.91 Å². The molecule has 4 nitrogen and oxygen atoms in total. The fraction of sp³-hybridized carbons (Fsp3) is 0.267. The van der Waals surface area contributed by atoms with Crippen molar-refractivity contribution in [2.24, 2.45) is 0 Å². The first-order valence-corrected chi connectivity index (χ1v) is 6.41. The van der Waals surface area contributed by atoms with Crippen molar-refractivity contribution in [2.75, 3.05) is 11.9 Å². The van der Waals surface area contributed by atoms with Crippen molar-refractivity contribution in [3.8, 4) is 0 Å². The summed E-state index contributed by atoms with van der Waals surface area (Å²) in [6.45, 7) is 2.90. The van der Waals surface area contributed by atoms with Gasteiger partial charge in [0.15, 0.2) is 0 Å². The van der Waals surface area contributed by atoms with Crippen molar-refractivity contribution >= 4 is 11.6 Å². The van der Waals surface area contributed by atoms with Gasteiger partial charge in [-0.1, -0.05) is 12.1 Å². The van der Waals surface area contributed by atoms with E-state index < -0.39 is 0 Å². The van der Waals surface area contributed by atoms with Crippen molar-refractivity contribution in [1.82, 2.24) is 4.57 Å². The van der Waals surface area contributed by atoms with E-state index in [1.165, 1.54) is 0 Å². The van der Waals surface area contributed by atoms with Gasteiger partial charge in [0.1, 0.15) is 5.69 Å². The fourth-order valence-electron chi connectivity index (χ4n) is 1.97. The van der Waals surface area contributed by atoms with E-state index in [1.54, 1.807) is 6.07 Å². The molecule has 1 amide bonds. The third-order valence-corrected chi connectivity index (χ3v) is 3.02. The molecule has 0 aliphatic carbocycles. The fourth-order valence-corrected chi connectivity index (χ4v) is 1.97. The molecule has 0 bridgehead atoms. The van der Waals surface area contributed by atoms with Crippen molar-refractivity contribution in [1.29, 1.82) is 0 Å². The lowest BCUT2D eigenvalue weighted by atomic mass is 10.1. The normalized spacial score (nSPS) is 10.4. The number of carbonyl (C=O) groups excluding carboxylic acids is 1. The Labute approximate surface area is 112 Å². The molecule has 2 N–H and O–H groups in total. The summed E-state index contributed by atoms with van der Waals surface area (Å²) >= 11 is 0. The lowest BCUT2D eigenvalue weighted by molar-refractivity contribution is 0.101. The van der Waals surface area contributed by atoms with E-state index in [2.05, 4.69) is 5.32 Å². The maximum Gasteiger partial charge on any atom is 0.272 e. The summed E-state index contributed by atoms with van der Waals surface area (Å²) in [5, 5.41) is 11.7.